The molecule has 0 fully saturated rings. The maximum Gasteiger partial charge on any atom is 0.151 e. The molecule has 0 atom stereocenters. The topological polar surface area (TPSA) is 74.6 Å². The van der Waals surface area contributed by atoms with E-state index in [4.69, 9.17) is 10.2 Å². The molecule has 4 heteroatoms. The van der Waals surface area contributed by atoms with Crippen LogP contribution >= 0.6 is 0 Å². The summed E-state index contributed by atoms with van der Waals surface area (Å²) in [5, 5.41) is 17.0. The van der Waals surface area contributed by atoms with E-state index in [1.165, 1.54) is 13.8 Å². The van der Waals surface area contributed by atoms with Crippen molar-refractivity contribution >= 4 is 11.6 Å². The van der Waals surface area contributed by atoms with Gasteiger partial charge in [0.1, 0.15) is 11.6 Å². The van der Waals surface area contributed by atoms with E-state index in [0.29, 0.717) is 0 Å². The average Bonchev–Trinajstić information content (AvgIpc) is 1.84. The SMILES string of the molecule is CC(=O)C(CCC(O)O)C(C)=O. The molecule has 0 amide bonds. The van der Waals surface area contributed by atoms with E-state index in [-0.39, 0.29) is 24.4 Å². The molecule has 0 saturated carbocycles. The van der Waals surface area contributed by atoms with Crippen LogP contribution in [0.2, 0.25) is 0 Å². The first-order valence-corrected chi connectivity index (χ1v) is 3.82. The van der Waals surface area contributed by atoms with Crippen LogP contribution in [0.1, 0.15) is 26.7 Å². The van der Waals surface area contributed by atoms with Gasteiger partial charge in [-0.1, -0.05) is 0 Å². The van der Waals surface area contributed by atoms with Crippen LogP contribution in [-0.2, 0) is 9.59 Å². The number of carbonyl (C=O) groups is 2. The summed E-state index contributed by atoms with van der Waals surface area (Å²) in [5.41, 5.74) is 0. The van der Waals surface area contributed by atoms with Gasteiger partial charge >= 0.3 is 0 Å². The summed E-state index contributed by atoms with van der Waals surface area (Å²) in [5.74, 6) is -1.11. The minimum absolute atomic E-state index is 0.0594. The third-order valence-electron chi connectivity index (χ3n) is 1.69. The Morgan fingerprint density at radius 1 is 1.08 bits per heavy atom. The van der Waals surface area contributed by atoms with Gasteiger partial charge in [-0.05, 0) is 26.7 Å². The second-order valence-electron chi connectivity index (χ2n) is 2.83. The lowest BCUT2D eigenvalue weighted by Crippen LogP contribution is -2.21. The number of hydrogen-bond acceptors (Lipinski definition) is 4. The molecular weight excluding hydrogens is 160 g/mol. The van der Waals surface area contributed by atoms with Gasteiger partial charge in [0.05, 0.1) is 5.92 Å². The van der Waals surface area contributed by atoms with Crippen molar-refractivity contribution in [3.05, 3.63) is 0 Å². The zero-order valence-electron chi connectivity index (χ0n) is 7.28. The van der Waals surface area contributed by atoms with Crippen molar-refractivity contribution in [2.75, 3.05) is 0 Å². The monoisotopic (exact) mass is 174 g/mol. The summed E-state index contributed by atoms with van der Waals surface area (Å²) in [6.45, 7) is 2.66. The molecule has 0 aromatic heterocycles. The number of aliphatic hydroxyl groups excluding tert-OH is 1. The first-order chi connectivity index (χ1) is 5.45. The normalized spacial score (nSPS) is 10.8. The highest BCUT2D eigenvalue weighted by atomic mass is 16.5. The molecule has 12 heavy (non-hydrogen) atoms. The van der Waals surface area contributed by atoms with Crippen molar-refractivity contribution in [2.45, 2.75) is 33.0 Å². The van der Waals surface area contributed by atoms with Crippen LogP contribution in [0.3, 0.4) is 0 Å². The quantitative estimate of drug-likeness (QED) is 0.450. The molecule has 0 aliphatic rings. The molecular formula is C8H14O4. The second-order valence-corrected chi connectivity index (χ2v) is 2.83. The fraction of sp³-hybridized carbons (Fsp3) is 0.750. The first-order valence-electron chi connectivity index (χ1n) is 3.82. The van der Waals surface area contributed by atoms with Crippen LogP contribution in [0.25, 0.3) is 0 Å². The summed E-state index contributed by atoms with van der Waals surface area (Å²) in [6, 6.07) is 0. The van der Waals surface area contributed by atoms with Crippen molar-refractivity contribution in [3.8, 4) is 0 Å². The van der Waals surface area contributed by atoms with E-state index < -0.39 is 12.2 Å². The average molecular weight is 174 g/mol. The Hall–Kier alpha value is -0.740. The van der Waals surface area contributed by atoms with Gasteiger partial charge in [-0.25, -0.2) is 0 Å². The number of aliphatic hydroxyl groups is 2. The zero-order chi connectivity index (χ0) is 9.72. The molecule has 0 unspecified atom stereocenters. The Morgan fingerprint density at radius 2 is 1.50 bits per heavy atom. The van der Waals surface area contributed by atoms with Crippen LogP contribution in [-0.4, -0.2) is 28.1 Å². The summed E-state index contributed by atoms with van der Waals surface area (Å²) in [6.07, 6.45) is -1.17. The Bertz CT molecular complexity index is 160. The molecule has 0 aliphatic heterocycles. The molecule has 0 bridgehead atoms. The Kier molecular flexibility index (Phi) is 4.70. The predicted octanol–water partition coefficient (Wildman–Crippen LogP) is -0.128. The van der Waals surface area contributed by atoms with E-state index in [2.05, 4.69) is 0 Å². The molecule has 0 rings (SSSR count). The molecule has 0 spiro atoms. The van der Waals surface area contributed by atoms with E-state index in [0.717, 1.165) is 0 Å². The summed E-state index contributed by atoms with van der Waals surface area (Å²) in [7, 11) is 0. The van der Waals surface area contributed by atoms with Gasteiger partial charge in [-0.2, -0.15) is 0 Å². The van der Waals surface area contributed by atoms with E-state index >= 15 is 0 Å². The smallest absolute Gasteiger partial charge is 0.151 e. The number of hydrogen-bond donors (Lipinski definition) is 2. The fourth-order valence-corrected chi connectivity index (χ4v) is 1.01. The molecule has 0 heterocycles. The third-order valence-corrected chi connectivity index (χ3v) is 1.69. The summed E-state index contributed by atoms with van der Waals surface area (Å²) < 4.78 is 0. The molecule has 0 aliphatic carbocycles. The lowest BCUT2D eigenvalue weighted by Gasteiger charge is -2.10. The Morgan fingerprint density at radius 3 is 1.75 bits per heavy atom. The highest BCUT2D eigenvalue weighted by Gasteiger charge is 2.19. The molecule has 0 aromatic carbocycles. The predicted molar refractivity (Wildman–Crippen MR) is 42.3 cm³/mol. The standard InChI is InChI=1S/C8H14O4/c1-5(9)7(6(2)10)3-4-8(11)12/h7-8,11-12H,3-4H2,1-2H3. The maximum atomic E-state index is 10.8. The largest absolute Gasteiger partial charge is 0.368 e. The van der Waals surface area contributed by atoms with E-state index in [1.54, 1.807) is 0 Å². The third kappa shape index (κ3) is 4.20. The van der Waals surface area contributed by atoms with Crippen molar-refractivity contribution in [1.29, 1.82) is 0 Å². The summed E-state index contributed by atoms with van der Waals surface area (Å²) >= 11 is 0. The molecule has 70 valence electrons. The van der Waals surface area contributed by atoms with Gasteiger partial charge < -0.3 is 10.2 Å². The molecule has 4 nitrogen and oxygen atoms in total. The van der Waals surface area contributed by atoms with Crippen LogP contribution in [0.4, 0.5) is 0 Å². The number of rotatable bonds is 5. The van der Waals surface area contributed by atoms with Crippen LogP contribution in [0, 0.1) is 5.92 Å². The first kappa shape index (κ1) is 11.3. The van der Waals surface area contributed by atoms with Crippen molar-refractivity contribution in [3.63, 3.8) is 0 Å². The van der Waals surface area contributed by atoms with Crippen molar-refractivity contribution in [1.82, 2.24) is 0 Å². The lowest BCUT2D eigenvalue weighted by atomic mass is 9.95. The number of Topliss-reactive ketones (excluding diaryl/α,β-unsaturated/α-hetero) is 2. The van der Waals surface area contributed by atoms with E-state index in [1.807, 2.05) is 0 Å². The van der Waals surface area contributed by atoms with E-state index in [9.17, 15) is 9.59 Å². The van der Waals surface area contributed by atoms with Gasteiger partial charge in [0.2, 0.25) is 0 Å². The molecule has 0 saturated heterocycles. The molecule has 0 aromatic rings. The Balaban J connectivity index is 3.97. The molecule has 0 radical (unpaired) electrons. The lowest BCUT2D eigenvalue weighted by molar-refractivity contribution is -0.131. The van der Waals surface area contributed by atoms with Gasteiger partial charge in [-0.3, -0.25) is 9.59 Å². The second kappa shape index (κ2) is 5.00. The zero-order valence-corrected chi connectivity index (χ0v) is 7.28. The minimum atomic E-state index is -1.44. The number of carbonyl (C=O) groups excluding carboxylic acids is 2. The minimum Gasteiger partial charge on any atom is -0.368 e. The van der Waals surface area contributed by atoms with Gasteiger partial charge in [-0.15, -0.1) is 0 Å². The van der Waals surface area contributed by atoms with Crippen LogP contribution in [0.15, 0.2) is 0 Å². The van der Waals surface area contributed by atoms with Crippen LogP contribution < -0.4 is 0 Å². The van der Waals surface area contributed by atoms with Crippen LogP contribution in [0.5, 0.6) is 0 Å². The fourth-order valence-electron chi connectivity index (χ4n) is 1.01. The summed E-state index contributed by atoms with van der Waals surface area (Å²) in [4.78, 5) is 21.6. The highest BCUT2D eigenvalue weighted by molar-refractivity contribution is 6.00. The van der Waals surface area contributed by atoms with Gasteiger partial charge in [0.25, 0.3) is 0 Å². The highest BCUT2D eigenvalue weighted by Crippen LogP contribution is 2.10. The maximum absolute atomic E-state index is 10.8. The van der Waals surface area contributed by atoms with Gasteiger partial charge in [0, 0.05) is 0 Å². The Labute approximate surface area is 71.2 Å². The van der Waals surface area contributed by atoms with Gasteiger partial charge in [0.15, 0.2) is 6.29 Å². The van der Waals surface area contributed by atoms with Crippen molar-refractivity contribution in [2.24, 2.45) is 5.92 Å². The van der Waals surface area contributed by atoms with Crippen molar-refractivity contribution < 1.29 is 19.8 Å². The number of ketones is 2. The molecule has 2 N–H and O–H groups in total.